The van der Waals surface area contributed by atoms with Gasteiger partial charge in [-0.1, -0.05) is 19.1 Å². The standard InChI is InChI=1S/C20H27FN2O2/c1-2-12-22-13-10-20(19(22)25)11-14-23(15-20)18(24)5-3-4-16-6-8-17(21)9-7-16/h6-9H,2-5,10-15H2,1H3. The Bertz CT molecular complexity index is 631. The maximum Gasteiger partial charge on any atom is 0.230 e. The highest BCUT2D eigenvalue weighted by molar-refractivity contribution is 5.87. The van der Waals surface area contributed by atoms with Crippen molar-refractivity contribution in [2.45, 2.75) is 45.4 Å². The van der Waals surface area contributed by atoms with Crippen LogP contribution in [0.4, 0.5) is 4.39 Å². The second-order valence-corrected chi connectivity index (χ2v) is 7.37. The van der Waals surface area contributed by atoms with Gasteiger partial charge in [-0.3, -0.25) is 9.59 Å². The lowest BCUT2D eigenvalue weighted by Crippen LogP contribution is -2.38. The topological polar surface area (TPSA) is 40.6 Å². The number of hydrogen-bond acceptors (Lipinski definition) is 2. The Kier molecular flexibility index (Phi) is 5.40. The minimum Gasteiger partial charge on any atom is -0.342 e. The van der Waals surface area contributed by atoms with E-state index in [2.05, 4.69) is 6.92 Å². The molecule has 1 aromatic rings. The van der Waals surface area contributed by atoms with Crippen molar-refractivity contribution in [1.29, 1.82) is 0 Å². The number of halogens is 1. The summed E-state index contributed by atoms with van der Waals surface area (Å²) in [6, 6.07) is 6.44. The molecule has 2 heterocycles. The summed E-state index contributed by atoms with van der Waals surface area (Å²) in [7, 11) is 0. The summed E-state index contributed by atoms with van der Waals surface area (Å²) in [5.74, 6) is 0.150. The van der Waals surface area contributed by atoms with E-state index >= 15 is 0 Å². The number of hydrogen-bond donors (Lipinski definition) is 0. The van der Waals surface area contributed by atoms with Crippen LogP contribution in [0.1, 0.15) is 44.6 Å². The van der Waals surface area contributed by atoms with Crippen LogP contribution >= 0.6 is 0 Å². The molecule has 2 saturated heterocycles. The maximum absolute atomic E-state index is 12.9. The predicted octanol–water partition coefficient (Wildman–Crippen LogP) is 3.01. The van der Waals surface area contributed by atoms with E-state index in [1.807, 2.05) is 9.80 Å². The number of carbonyl (C=O) groups is 2. The average molecular weight is 346 g/mol. The van der Waals surface area contributed by atoms with Crippen molar-refractivity contribution in [2.75, 3.05) is 26.2 Å². The van der Waals surface area contributed by atoms with Crippen LogP contribution in [0.3, 0.4) is 0 Å². The SMILES string of the molecule is CCCN1CCC2(CCN(C(=O)CCCc3ccc(F)cc3)C2)C1=O. The average Bonchev–Trinajstić information content (AvgIpc) is 3.17. The second kappa shape index (κ2) is 7.54. The summed E-state index contributed by atoms with van der Waals surface area (Å²) in [5, 5.41) is 0. The van der Waals surface area contributed by atoms with E-state index in [9.17, 15) is 14.0 Å². The molecule has 1 spiro atoms. The molecule has 1 aromatic carbocycles. The molecule has 3 rings (SSSR count). The molecule has 0 saturated carbocycles. The Balaban J connectivity index is 1.48. The van der Waals surface area contributed by atoms with Gasteiger partial charge in [0.25, 0.3) is 0 Å². The van der Waals surface area contributed by atoms with Gasteiger partial charge in [0.1, 0.15) is 5.82 Å². The van der Waals surface area contributed by atoms with Crippen molar-refractivity contribution >= 4 is 11.8 Å². The molecule has 5 heteroatoms. The van der Waals surface area contributed by atoms with Crippen molar-refractivity contribution in [3.8, 4) is 0 Å². The summed E-state index contributed by atoms with van der Waals surface area (Å²) < 4.78 is 12.9. The normalized spacial score (nSPS) is 23.0. The van der Waals surface area contributed by atoms with Gasteiger partial charge < -0.3 is 9.80 Å². The molecule has 1 atom stereocenters. The van der Waals surface area contributed by atoms with Crippen LogP contribution in [0, 0.1) is 11.2 Å². The smallest absolute Gasteiger partial charge is 0.230 e. The molecular weight excluding hydrogens is 319 g/mol. The zero-order chi connectivity index (χ0) is 17.9. The van der Waals surface area contributed by atoms with Gasteiger partial charge in [0, 0.05) is 32.6 Å². The predicted molar refractivity (Wildman–Crippen MR) is 94.5 cm³/mol. The Morgan fingerprint density at radius 3 is 2.64 bits per heavy atom. The van der Waals surface area contributed by atoms with E-state index in [1.54, 1.807) is 12.1 Å². The summed E-state index contributed by atoms with van der Waals surface area (Å²) in [6.45, 7) is 5.03. The van der Waals surface area contributed by atoms with Gasteiger partial charge in [0.2, 0.25) is 11.8 Å². The first kappa shape index (κ1) is 17.9. The Morgan fingerprint density at radius 2 is 1.92 bits per heavy atom. The maximum atomic E-state index is 12.9. The van der Waals surface area contributed by atoms with Gasteiger partial charge >= 0.3 is 0 Å². The number of nitrogens with zero attached hydrogens (tertiary/aromatic N) is 2. The lowest BCUT2D eigenvalue weighted by Gasteiger charge is -2.23. The molecule has 0 radical (unpaired) electrons. The number of aryl methyl sites for hydroxylation is 1. The number of carbonyl (C=O) groups excluding carboxylic acids is 2. The first-order valence-corrected chi connectivity index (χ1v) is 9.36. The summed E-state index contributed by atoms with van der Waals surface area (Å²) >= 11 is 0. The highest BCUT2D eigenvalue weighted by Gasteiger charge is 2.51. The third-order valence-electron chi connectivity index (χ3n) is 5.57. The first-order valence-electron chi connectivity index (χ1n) is 9.36. The molecule has 136 valence electrons. The van der Waals surface area contributed by atoms with Crippen LogP contribution < -0.4 is 0 Å². The highest BCUT2D eigenvalue weighted by Crippen LogP contribution is 2.40. The van der Waals surface area contributed by atoms with Gasteiger partial charge in [-0.15, -0.1) is 0 Å². The summed E-state index contributed by atoms with van der Waals surface area (Å²) in [5.41, 5.74) is 0.732. The van der Waals surface area contributed by atoms with E-state index in [0.717, 1.165) is 50.8 Å². The van der Waals surface area contributed by atoms with Crippen LogP contribution in [-0.4, -0.2) is 47.8 Å². The molecule has 1 unspecified atom stereocenters. The number of rotatable bonds is 6. The first-order chi connectivity index (χ1) is 12.0. The fraction of sp³-hybridized carbons (Fsp3) is 0.600. The van der Waals surface area contributed by atoms with Crippen molar-refractivity contribution in [3.63, 3.8) is 0 Å². The Labute approximate surface area is 149 Å². The van der Waals surface area contributed by atoms with Crippen LogP contribution in [0.15, 0.2) is 24.3 Å². The monoisotopic (exact) mass is 346 g/mol. The number of benzene rings is 1. The Morgan fingerprint density at radius 1 is 1.20 bits per heavy atom. The van der Waals surface area contributed by atoms with Gasteiger partial charge in [-0.05, 0) is 49.8 Å². The fourth-order valence-corrected chi connectivity index (χ4v) is 4.09. The third kappa shape index (κ3) is 3.86. The zero-order valence-electron chi connectivity index (χ0n) is 15.0. The van der Waals surface area contributed by atoms with Crippen molar-refractivity contribution in [3.05, 3.63) is 35.6 Å². The molecule has 0 aliphatic carbocycles. The number of amides is 2. The van der Waals surface area contributed by atoms with Crippen molar-refractivity contribution in [2.24, 2.45) is 5.41 Å². The fourth-order valence-electron chi connectivity index (χ4n) is 4.09. The van der Waals surface area contributed by atoms with Crippen LogP contribution in [-0.2, 0) is 16.0 Å². The van der Waals surface area contributed by atoms with E-state index in [-0.39, 0.29) is 23.0 Å². The zero-order valence-corrected chi connectivity index (χ0v) is 15.0. The summed E-state index contributed by atoms with van der Waals surface area (Å²) in [6.07, 6.45) is 4.67. The second-order valence-electron chi connectivity index (χ2n) is 7.37. The molecule has 0 bridgehead atoms. The van der Waals surface area contributed by atoms with Crippen LogP contribution in [0.5, 0.6) is 0 Å². The molecule has 2 amide bonds. The minimum absolute atomic E-state index is 0.140. The Hall–Kier alpha value is -1.91. The quantitative estimate of drug-likeness (QED) is 0.794. The van der Waals surface area contributed by atoms with Gasteiger partial charge in [0.15, 0.2) is 0 Å². The van der Waals surface area contributed by atoms with E-state index in [4.69, 9.17) is 0 Å². The lowest BCUT2D eigenvalue weighted by molar-refractivity contribution is -0.136. The minimum atomic E-state index is -0.318. The third-order valence-corrected chi connectivity index (χ3v) is 5.57. The molecular formula is C20H27FN2O2. The molecule has 4 nitrogen and oxygen atoms in total. The van der Waals surface area contributed by atoms with Gasteiger partial charge in [0.05, 0.1) is 5.41 Å². The van der Waals surface area contributed by atoms with E-state index in [0.29, 0.717) is 19.5 Å². The largest absolute Gasteiger partial charge is 0.342 e. The van der Waals surface area contributed by atoms with E-state index in [1.165, 1.54) is 12.1 Å². The van der Waals surface area contributed by atoms with Crippen molar-refractivity contribution < 1.29 is 14.0 Å². The van der Waals surface area contributed by atoms with Crippen molar-refractivity contribution in [1.82, 2.24) is 9.80 Å². The van der Waals surface area contributed by atoms with Crippen LogP contribution in [0.2, 0.25) is 0 Å². The molecule has 0 N–H and O–H groups in total. The summed E-state index contributed by atoms with van der Waals surface area (Å²) in [4.78, 5) is 29.0. The molecule has 25 heavy (non-hydrogen) atoms. The molecule has 2 aliphatic heterocycles. The molecule has 2 aliphatic rings. The van der Waals surface area contributed by atoms with Gasteiger partial charge in [-0.25, -0.2) is 4.39 Å². The van der Waals surface area contributed by atoms with E-state index < -0.39 is 0 Å². The van der Waals surface area contributed by atoms with Crippen LogP contribution in [0.25, 0.3) is 0 Å². The molecule has 2 fully saturated rings. The molecule has 0 aromatic heterocycles. The highest BCUT2D eigenvalue weighted by atomic mass is 19.1. The van der Waals surface area contributed by atoms with Gasteiger partial charge in [-0.2, -0.15) is 0 Å². The number of likely N-dealkylation sites (tertiary alicyclic amines) is 2. The lowest BCUT2D eigenvalue weighted by atomic mass is 9.85.